The molecule has 17 nitrogen and oxygen atoms in total. The number of aromatic nitrogens is 2. The van der Waals surface area contributed by atoms with Crippen LogP contribution in [0.5, 0.6) is 0 Å². The molecule has 0 bridgehead atoms. The highest BCUT2D eigenvalue weighted by Crippen LogP contribution is 2.69. The number of phosphoric acid groups is 2. The van der Waals surface area contributed by atoms with Crippen LogP contribution in [0.2, 0.25) is 0 Å². The third-order valence-electron chi connectivity index (χ3n) is 7.85. The number of rotatable bonds is 28. The first-order valence-corrected chi connectivity index (χ1v) is 22.0. The lowest BCUT2D eigenvalue weighted by Gasteiger charge is -2.22. The predicted molar refractivity (Wildman–Crippen MR) is 195 cm³/mol. The monoisotopic (exact) mass is 787 g/mol. The zero-order valence-corrected chi connectivity index (χ0v) is 32.8. The maximum atomic E-state index is 13.3. The summed E-state index contributed by atoms with van der Waals surface area (Å²) >= 11 is 0. The van der Waals surface area contributed by atoms with Crippen LogP contribution in [-0.4, -0.2) is 44.8 Å². The Morgan fingerprint density at radius 3 is 1.88 bits per heavy atom. The van der Waals surface area contributed by atoms with Crippen molar-refractivity contribution in [2.75, 3.05) is 19.4 Å². The molecular formula is C31H60N5O12P3. The van der Waals surface area contributed by atoms with Gasteiger partial charge in [0, 0.05) is 11.8 Å². The molecule has 1 aliphatic heterocycles. The van der Waals surface area contributed by atoms with E-state index in [9.17, 15) is 33.1 Å². The Labute approximate surface area is 301 Å². The second-order valence-corrected chi connectivity index (χ2v) is 17.6. The topological polar surface area (TPSA) is 286 Å². The number of hydrogen-bond donors (Lipinski definition) is 5. The number of H-pyrrole nitrogens is 1. The van der Waals surface area contributed by atoms with Crippen molar-refractivity contribution in [1.82, 2.24) is 21.9 Å². The summed E-state index contributed by atoms with van der Waals surface area (Å²) in [4.78, 5) is 46.1. The van der Waals surface area contributed by atoms with E-state index in [4.69, 9.17) is 23.4 Å². The lowest BCUT2D eigenvalue weighted by atomic mass is 10.0. The molecule has 51 heavy (non-hydrogen) atoms. The van der Waals surface area contributed by atoms with E-state index in [0.29, 0.717) is 12.8 Å². The molecular weight excluding hydrogens is 727 g/mol. The maximum absolute atomic E-state index is 13.3. The van der Waals surface area contributed by atoms with Gasteiger partial charge in [0.05, 0.1) is 31.9 Å². The number of ether oxygens (including phenoxy) is 1. The van der Waals surface area contributed by atoms with Crippen molar-refractivity contribution < 1.29 is 45.9 Å². The fourth-order valence-corrected chi connectivity index (χ4v) is 10.1. The third kappa shape index (κ3) is 20.9. The predicted octanol–water partition coefficient (Wildman–Crippen LogP) is 8.26. The van der Waals surface area contributed by atoms with Crippen molar-refractivity contribution in [1.29, 1.82) is 5.26 Å². The van der Waals surface area contributed by atoms with E-state index >= 15 is 0 Å². The summed E-state index contributed by atoms with van der Waals surface area (Å²) in [6.07, 6.45) is 19.9. The summed E-state index contributed by atoms with van der Waals surface area (Å²) in [7, 11) is -15.0. The van der Waals surface area contributed by atoms with Gasteiger partial charge in [0.15, 0.2) is 6.23 Å². The molecule has 5 atom stereocenters. The number of nitriles is 1. The molecule has 296 valence electrons. The number of nitrogens with zero attached hydrogens (tertiary/aromatic N) is 2. The van der Waals surface area contributed by atoms with Crippen LogP contribution in [0.25, 0.3) is 0 Å². The molecule has 0 amide bonds. The summed E-state index contributed by atoms with van der Waals surface area (Å²) in [5, 5.41) is 8.82. The SMILES string of the molecule is CCCCCCCCCCCCCCCCCCP(=O)(OCCC#N)OP(=O)(O)OP(=O)(O)OC[C@@H]1C=C[C@H](n2cc(C)c(=O)[nH]c2=O)O1.N.N. The normalized spacial score (nSPS) is 18.9. The van der Waals surface area contributed by atoms with Gasteiger partial charge in [-0.1, -0.05) is 109 Å². The van der Waals surface area contributed by atoms with E-state index in [2.05, 4.69) is 16.2 Å². The second kappa shape index (κ2) is 26.1. The first kappa shape index (κ1) is 49.2. The van der Waals surface area contributed by atoms with Crippen LogP contribution >= 0.6 is 23.2 Å². The molecule has 2 rings (SSSR count). The van der Waals surface area contributed by atoms with Crippen LogP contribution in [0.4, 0.5) is 0 Å². The fraction of sp³-hybridized carbons (Fsp3) is 0.774. The molecule has 0 radical (unpaired) electrons. The standard InChI is InChI=1S/C31H54N3O12P3.2H3N/c1-3-4-5-6-7-8-9-10-11-12-13-14-15-16-17-18-24-47(37,42-23-19-22-32)45-49(40,41)46-48(38,39)43-26-28-20-21-29(44-28)34-25-27(2)30(35)33-31(34)36;;/h20-21,25,28-29H,3-19,23-24,26H2,1-2H3,(H,38,39)(H,40,41)(H,33,35,36);2*1H3/t28-,29+,47?;;/m0../s1. The minimum Gasteiger partial charge on any atom is -0.344 e. The highest BCUT2D eigenvalue weighted by atomic mass is 31.3. The number of aryl methyl sites for hydroxylation is 1. The Hall–Kier alpha value is -1.76. The molecule has 0 fully saturated rings. The smallest absolute Gasteiger partial charge is 0.344 e. The Balaban J connectivity index is 0.0000125. The Morgan fingerprint density at radius 2 is 1.35 bits per heavy atom. The number of nitrogens with one attached hydrogen (secondary N) is 1. The Kier molecular flexibility index (Phi) is 25.2. The molecule has 0 saturated carbocycles. The van der Waals surface area contributed by atoms with Crippen molar-refractivity contribution in [2.24, 2.45) is 0 Å². The van der Waals surface area contributed by atoms with Gasteiger partial charge in [-0.2, -0.15) is 9.57 Å². The van der Waals surface area contributed by atoms with E-state index in [1.807, 2.05) is 6.07 Å². The summed E-state index contributed by atoms with van der Waals surface area (Å²) in [5.41, 5.74) is -1.03. The van der Waals surface area contributed by atoms with Crippen molar-refractivity contribution in [3.8, 4) is 6.07 Å². The molecule has 1 aliphatic rings. The van der Waals surface area contributed by atoms with Gasteiger partial charge in [-0.15, -0.1) is 0 Å². The first-order valence-electron chi connectivity index (χ1n) is 17.3. The van der Waals surface area contributed by atoms with E-state index in [1.165, 1.54) is 89.5 Å². The molecule has 2 heterocycles. The maximum Gasteiger partial charge on any atom is 0.488 e. The first-order chi connectivity index (χ1) is 23.3. The molecule has 0 saturated heterocycles. The quantitative estimate of drug-likeness (QED) is 0.0303. The molecule has 9 N–H and O–H groups in total. The number of phosphoric ester groups is 1. The number of unbranched alkanes of at least 4 members (excludes halogenated alkanes) is 15. The summed E-state index contributed by atoms with van der Waals surface area (Å²) in [5.74, 6) is 0. The third-order valence-corrected chi connectivity index (χ3v) is 13.2. The van der Waals surface area contributed by atoms with Crippen molar-refractivity contribution in [2.45, 2.75) is 135 Å². The van der Waals surface area contributed by atoms with Gasteiger partial charge in [-0.3, -0.25) is 23.4 Å². The Bertz CT molecular complexity index is 1460. The molecule has 20 heteroatoms. The zero-order valence-electron chi connectivity index (χ0n) is 30.2. The van der Waals surface area contributed by atoms with Gasteiger partial charge < -0.3 is 31.3 Å². The van der Waals surface area contributed by atoms with E-state index in [1.54, 1.807) is 0 Å². The van der Waals surface area contributed by atoms with E-state index < -0.39 is 53.4 Å². The molecule has 0 spiro atoms. The molecule has 3 unspecified atom stereocenters. The lowest BCUT2D eigenvalue weighted by molar-refractivity contribution is -0.0104. The van der Waals surface area contributed by atoms with Crippen LogP contribution in [-0.2, 0) is 36.1 Å². The molecule has 0 aliphatic carbocycles. The fourth-order valence-electron chi connectivity index (χ4n) is 5.22. The lowest BCUT2D eigenvalue weighted by Crippen LogP contribution is -2.33. The van der Waals surface area contributed by atoms with Gasteiger partial charge in [-0.25, -0.2) is 18.2 Å². The zero-order chi connectivity index (χ0) is 36.2. The molecule has 1 aromatic heterocycles. The van der Waals surface area contributed by atoms with Crippen LogP contribution in [0, 0.1) is 18.3 Å². The summed E-state index contributed by atoms with van der Waals surface area (Å²) in [6.45, 7) is 2.75. The number of hydrogen-bond acceptors (Lipinski definition) is 13. The van der Waals surface area contributed by atoms with Gasteiger partial charge in [0.1, 0.15) is 6.10 Å². The molecule has 1 aromatic rings. The van der Waals surface area contributed by atoms with Gasteiger partial charge >= 0.3 is 28.9 Å². The second-order valence-electron chi connectivity index (χ2n) is 12.2. The van der Waals surface area contributed by atoms with Crippen LogP contribution in [0.1, 0.15) is 128 Å². The van der Waals surface area contributed by atoms with Crippen LogP contribution in [0.15, 0.2) is 27.9 Å². The largest absolute Gasteiger partial charge is 0.488 e. The summed E-state index contributed by atoms with van der Waals surface area (Å²) < 4.78 is 64.2. The summed E-state index contributed by atoms with van der Waals surface area (Å²) in [6, 6.07) is 1.81. The molecule has 0 aromatic carbocycles. The van der Waals surface area contributed by atoms with Crippen molar-refractivity contribution in [3.05, 3.63) is 44.8 Å². The minimum absolute atomic E-state index is 0. The Morgan fingerprint density at radius 1 is 0.824 bits per heavy atom. The minimum atomic E-state index is -5.46. The van der Waals surface area contributed by atoms with E-state index in [0.717, 1.165) is 30.3 Å². The number of aromatic amines is 1. The highest BCUT2D eigenvalue weighted by Gasteiger charge is 2.42. The van der Waals surface area contributed by atoms with Gasteiger partial charge in [-0.05, 0) is 19.4 Å². The average Bonchev–Trinajstić information content (AvgIpc) is 3.50. The van der Waals surface area contributed by atoms with Gasteiger partial charge in [0.25, 0.3) is 5.56 Å². The van der Waals surface area contributed by atoms with E-state index in [-0.39, 0.29) is 37.1 Å². The average molecular weight is 788 g/mol. The van der Waals surface area contributed by atoms with Crippen molar-refractivity contribution in [3.63, 3.8) is 0 Å². The van der Waals surface area contributed by atoms with Crippen LogP contribution < -0.4 is 23.6 Å². The van der Waals surface area contributed by atoms with Crippen LogP contribution in [0.3, 0.4) is 0 Å². The highest BCUT2D eigenvalue weighted by molar-refractivity contribution is 7.68. The van der Waals surface area contributed by atoms with Gasteiger partial charge in [0.2, 0.25) is 0 Å². The van der Waals surface area contributed by atoms with Crippen molar-refractivity contribution >= 4 is 23.2 Å².